The predicted octanol–water partition coefficient (Wildman–Crippen LogP) is 2.27. The Hall–Kier alpha value is -3.92. The molecule has 0 saturated carbocycles. The van der Waals surface area contributed by atoms with Gasteiger partial charge in [-0.3, -0.25) is 4.79 Å². The fourth-order valence-electron chi connectivity index (χ4n) is 4.00. The summed E-state index contributed by atoms with van der Waals surface area (Å²) in [5.74, 6) is -3.05. The number of amides is 2. The van der Waals surface area contributed by atoms with E-state index in [1.807, 2.05) is 0 Å². The Kier molecular flexibility index (Phi) is 6.68. The highest BCUT2D eigenvalue weighted by molar-refractivity contribution is 7.95. The standard InChI is InChI=1S/C23H24N4O5S/c1-13-19(24)22(33(31,32)15-10-6-3-7-11-15)20(25)18(21(13)27-23(26)30)16(12-17(28)29)14-8-4-2-5-9-14/h2-11,16,18H,12,24-25H2,1H3,(H2,26,30)(H,28,29). The molecule has 0 heterocycles. The van der Waals surface area contributed by atoms with Gasteiger partial charge in [0.2, 0.25) is 9.84 Å². The molecule has 1 aliphatic carbocycles. The lowest BCUT2D eigenvalue weighted by atomic mass is 9.74. The van der Waals surface area contributed by atoms with Crippen molar-refractivity contribution in [1.29, 1.82) is 0 Å². The van der Waals surface area contributed by atoms with Gasteiger partial charge in [-0.15, -0.1) is 0 Å². The van der Waals surface area contributed by atoms with E-state index in [1.165, 1.54) is 19.1 Å². The van der Waals surface area contributed by atoms with Gasteiger partial charge in [-0.25, -0.2) is 13.2 Å². The number of nitrogens with two attached hydrogens (primary N) is 3. The van der Waals surface area contributed by atoms with Crippen molar-refractivity contribution in [3.8, 4) is 0 Å². The number of aliphatic carboxylic acids is 1. The molecule has 3 rings (SSSR count). The monoisotopic (exact) mass is 468 g/mol. The lowest BCUT2D eigenvalue weighted by Crippen LogP contribution is -2.38. The van der Waals surface area contributed by atoms with Gasteiger partial charge in [0.15, 0.2) is 0 Å². The van der Waals surface area contributed by atoms with Gasteiger partial charge in [-0.05, 0) is 30.2 Å². The van der Waals surface area contributed by atoms with Crippen LogP contribution < -0.4 is 17.2 Å². The van der Waals surface area contributed by atoms with E-state index in [9.17, 15) is 23.1 Å². The molecule has 0 aliphatic heterocycles. The number of aliphatic imine (C=N–C) groups is 1. The molecule has 1 aliphatic rings. The minimum Gasteiger partial charge on any atom is -0.481 e. The lowest BCUT2D eigenvalue weighted by molar-refractivity contribution is -0.137. The van der Waals surface area contributed by atoms with Gasteiger partial charge in [0.25, 0.3) is 0 Å². The number of carboxylic acids is 1. The van der Waals surface area contributed by atoms with Gasteiger partial charge in [-0.2, -0.15) is 4.99 Å². The van der Waals surface area contributed by atoms with Crippen LogP contribution in [0.3, 0.4) is 0 Å². The minimum absolute atomic E-state index is 0.0257. The fourth-order valence-corrected chi connectivity index (χ4v) is 5.63. The molecule has 7 N–H and O–H groups in total. The SMILES string of the molecule is CC1=C(N)C(S(=O)(=O)c2ccccc2)=C(N)C(C(CC(=O)O)c2ccccc2)C1=NC(N)=O. The number of carbonyl (C=O) groups excluding carboxylic acids is 1. The Balaban J connectivity index is 2.35. The topological polar surface area (TPSA) is 179 Å². The molecule has 0 radical (unpaired) electrons. The Labute approximate surface area is 191 Å². The summed E-state index contributed by atoms with van der Waals surface area (Å²) in [6.45, 7) is 1.50. The number of hydrogen-bond donors (Lipinski definition) is 4. The van der Waals surface area contributed by atoms with Crippen molar-refractivity contribution in [2.75, 3.05) is 0 Å². The first kappa shape index (κ1) is 23.7. The molecule has 33 heavy (non-hydrogen) atoms. The number of carbonyl (C=O) groups is 2. The van der Waals surface area contributed by atoms with E-state index in [1.54, 1.807) is 48.5 Å². The van der Waals surface area contributed by atoms with Crippen molar-refractivity contribution in [2.45, 2.75) is 24.2 Å². The lowest BCUT2D eigenvalue weighted by Gasteiger charge is -2.34. The number of primary amides is 1. The van der Waals surface area contributed by atoms with Gasteiger partial charge in [0.05, 0.1) is 28.6 Å². The summed E-state index contributed by atoms with van der Waals surface area (Å²) in [7, 11) is -4.17. The number of sulfone groups is 1. The second-order valence-electron chi connectivity index (χ2n) is 7.57. The third kappa shape index (κ3) is 4.65. The Morgan fingerprint density at radius 3 is 2.09 bits per heavy atom. The predicted molar refractivity (Wildman–Crippen MR) is 124 cm³/mol. The number of hydrogen-bond acceptors (Lipinski definition) is 6. The summed E-state index contributed by atoms with van der Waals surface area (Å²) in [6.07, 6.45) is -0.404. The van der Waals surface area contributed by atoms with Crippen LogP contribution in [0, 0.1) is 5.92 Å². The zero-order valence-electron chi connectivity index (χ0n) is 17.8. The van der Waals surface area contributed by atoms with E-state index in [2.05, 4.69) is 4.99 Å². The molecular formula is C23H24N4O5S. The fraction of sp³-hybridized carbons (Fsp3) is 0.174. The van der Waals surface area contributed by atoms with Crippen molar-refractivity contribution in [3.05, 3.63) is 88.1 Å². The number of rotatable bonds is 6. The van der Waals surface area contributed by atoms with Gasteiger partial charge in [0.1, 0.15) is 4.91 Å². The van der Waals surface area contributed by atoms with Gasteiger partial charge in [0, 0.05) is 11.6 Å². The summed E-state index contributed by atoms with van der Waals surface area (Å²) in [4.78, 5) is 27.0. The van der Waals surface area contributed by atoms with Gasteiger partial charge < -0.3 is 22.3 Å². The largest absolute Gasteiger partial charge is 0.481 e. The quantitative estimate of drug-likeness (QED) is 0.502. The van der Waals surface area contributed by atoms with Crippen LogP contribution in [-0.4, -0.2) is 31.2 Å². The molecular weight excluding hydrogens is 444 g/mol. The zero-order chi connectivity index (χ0) is 24.3. The van der Waals surface area contributed by atoms with E-state index in [0.717, 1.165) is 0 Å². The number of nitrogens with zero attached hydrogens (tertiary/aromatic N) is 1. The van der Waals surface area contributed by atoms with Crippen LogP contribution in [0.4, 0.5) is 4.79 Å². The molecule has 0 bridgehead atoms. The Morgan fingerprint density at radius 1 is 1.03 bits per heavy atom. The summed E-state index contributed by atoms with van der Waals surface area (Å²) >= 11 is 0. The molecule has 2 aromatic carbocycles. The van der Waals surface area contributed by atoms with Crippen molar-refractivity contribution in [2.24, 2.45) is 28.1 Å². The number of benzene rings is 2. The van der Waals surface area contributed by atoms with E-state index in [-0.39, 0.29) is 32.5 Å². The van der Waals surface area contributed by atoms with Crippen LogP contribution in [0.5, 0.6) is 0 Å². The summed E-state index contributed by atoms with van der Waals surface area (Å²) < 4.78 is 27.0. The first-order valence-electron chi connectivity index (χ1n) is 9.97. The molecule has 172 valence electrons. The molecule has 0 aromatic heterocycles. The van der Waals surface area contributed by atoms with Crippen LogP contribution in [0.1, 0.15) is 24.8 Å². The van der Waals surface area contributed by atoms with Crippen molar-refractivity contribution < 1.29 is 23.1 Å². The maximum absolute atomic E-state index is 13.5. The maximum atomic E-state index is 13.5. The second-order valence-corrected chi connectivity index (χ2v) is 9.45. The molecule has 2 amide bonds. The molecule has 0 saturated heterocycles. The van der Waals surface area contributed by atoms with E-state index < -0.39 is 40.1 Å². The van der Waals surface area contributed by atoms with Crippen molar-refractivity contribution in [1.82, 2.24) is 0 Å². The van der Waals surface area contributed by atoms with Gasteiger partial charge in [-0.1, -0.05) is 48.5 Å². The third-order valence-corrected chi connectivity index (χ3v) is 7.39. The van der Waals surface area contributed by atoms with E-state index in [0.29, 0.717) is 5.56 Å². The Morgan fingerprint density at radius 2 is 1.58 bits per heavy atom. The van der Waals surface area contributed by atoms with Crippen LogP contribution >= 0.6 is 0 Å². The van der Waals surface area contributed by atoms with Crippen molar-refractivity contribution in [3.63, 3.8) is 0 Å². The first-order valence-corrected chi connectivity index (χ1v) is 11.5. The zero-order valence-corrected chi connectivity index (χ0v) is 18.6. The van der Waals surface area contributed by atoms with Gasteiger partial charge >= 0.3 is 12.0 Å². The first-order chi connectivity index (χ1) is 15.6. The number of allylic oxidation sites excluding steroid dienone is 2. The molecule has 10 heteroatoms. The van der Waals surface area contributed by atoms with Crippen molar-refractivity contribution >= 4 is 27.5 Å². The number of urea groups is 1. The molecule has 9 nitrogen and oxygen atoms in total. The molecule has 0 fully saturated rings. The molecule has 2 aromatic rings. The highest BCUT2D eigenvalue weighted by Gasteiger charge is 2.42. The normalized spacial score (nSPS) is 18.9. The highest BCUT2D eigenvalue weighted by atomic mass is 32.2. The minimum atomic E-state index is -4.17. The third-order valence-electron chi connectivity index (χ3n) is 5.50. The summed E-state index contributed by atoms with van der Waals surface area (Å²) in [5, 5.41) is 9.61. The van der Waals surface area contributed by atoms with E-state index in [4.69, 9.17) is 17.2 Å². The molecule has 2 atom stereocenters. The maximum Gasteiger partial charge on any atom is 0.338 e. The number of carboxylic acid groups (broad SMARTS) is 1. The highest BCUT2D eigenvalue weighted by Crippen LogP contribution is 2.42. The second kappa shape index (κ2) is 9.29. The van der Waals surface area contributed by atoms with Crippen LogP contribution in [-0.2, 0) is 14.6 Å². The summed E-state index contributed by atoms with van der Waals surface area (Å²) in [6, 6.07) is 15.2. The van der Waals surface area contributed by atoms with Crippen LogP contribution in [0.15, 0.2) is 92.4 Å². The Bertz CT molecular complexity index is 1280. The molecule has 2 unspecified atom stereocenters. The molecule has 0 spiro atoms. The van der Waals surface area contributed by atoms with Crippen LogP contribution in [0.2, 0.25) is 0 Å². The average molecular weight is 469 g/mol. The van der Waals surface area contributed by atoms with Crippen LogP contribution in [0.25, 0.3) is 0 Å². The summed E-state index contributed by atoms with van der Waals surface area (Å²) in [5.41, 5.74) is 18.4. The smallest absolute Gasteiger partial charge is 0.338 e. The van der Waals surface area contributed by atoms with E-state index >= 15 is 0 Å². The average Bonchev–Trinajstić information content (AvgIpc) is 2.77.